The van der Waals surface area contributed by atoms with Gasteiger partial charge in [-0.1, -0.05) is 26.0 Å². The van der Waals surface area contributed by atoms with Gasteiger partial charge < -0.3 is 10.2 Å². The maximum atomic E-state index is 10.8. The molecule has 0 aromatic heterocycles. The van der Waals surface area contributed by atoms with E-state index in [1.54, 1.807) is 18.3 Å². The molecular formula is C19H26N2O2. The van der Waals surface area contributed by atoms with Crippen molar-refractivity contribution in [1.82, 2.24) is 0 Å². The number of hydrogen-bond donors (Lipinski definition) is 2. The van der Waals surface area contributed by atoms with Crippen molar-refractivity contribution in [2.24, 2.45) is 27.2 Å². The maximum Gasteiger partial charge on any atom is 0.124 e. The predicted molar refractivity (Wildman–Crippen MR) is 93.5 cm³/mol. The Hall–Kier alpha value is -1.68. The second kappa shape index (κ2) is 5.75. The van der Waals surface area contributed by atoms with E-state index < -0.39 is 5.60 Å². The van der Waals surface area contributed by atoms with Gasteiger partial charge in [-0.15, -0.1) is 0 Å². The van der Waals surface area contributed by atoms with E-state index in [1.165, 1.54) is 0 Å². The third kappa shape index (κ3) is 2.80. The van der Waals surface area contributed by atoms with Crippen molar-refractivity contribution >= 4 is 11.9 Å². The SMILES string of the molecule is CC1(C)[C@H]2CC(=NCCN=Cc3ccccc3O)[C@](C)(O)[C@@H]1C2. The highest BCUT2D eigenvalue weighted by Gasteiger charge is 2.61. The molecule has 0 unspecified atom stereocenters. The van der Waals surface area contributed by atoms with Gasteiger partial charge in [0, 0.05) is 17.5 Å². The molecule has 3 fully saturated rings. The van der Waals surface area contributed by atoms with Crippen LogP contribution in [0.3, 0.4) is 0 Å². The molecule has 3 atom stereocenters. The highest BCUT2D eigenvalue weighted by Crippen LogP contribution is 2.61. The molecule has 0 heterocycles. The van der Waals surface area contributed by atoms with Crippen molar-refractivity contribution < 1.29 is 10.2 Å². The Labute approximate surface area is 138 Å². The number of benzene rings is 1. The van der Waals surface area contributed by atoms with Crippen LogP contribution in [-0.4, -0.2) is 40.8 Å². The molecule has 4 heteroatoms. The number of phenolic OH excluding ortho intramolecular Hbond substituents is 1. The van der Waals surface area contributed by atoms with Crippen LogP contribution in [0, 0.1) is 17.3 Å². The van der Waals surface area contributed by atoms with Crippen LogP contribution in [0.4, 0.5) is 0 Å². The van der Waals surface area contributed by atoms with E-state index in [9.17, 15) is 10.2 Å². The van der Waals surface area contributed by atoms with Crippen LogP contribution < -0.4 is 0 Å². The molecule has 1 aromatic rings. The van der Waals surface area contributed by atoms with Crippen LogP contribution >= 0.6 is 0 Å². The molecule has 124 valence electrons. The molecule has 3 aliphatic rings. The first-order valence-electron chi connectivity index (χ1n) is 8.37. The summed E-state index contributed by atoms with van der Waals surface area (Å²) in [6.07, 6.45) is 3.69. The van der Waals surface area contributed by atoms with E-state index in [0.717, 1.165) is 18.6 Å². The molecule has 4 rings (SSSR count). The molecule has 0 amide bonds. The summed E-state index contributed by atoms with van der Waals surface area (Å²) in [7, 11) is 0. The number of fused-ring (bicyclic) bond motifs is 2. The summed E-state index contributed by atoms with van der Waals surface area (Å²) in [6.45, 7) is 7.57. The number of aliphatic imine (C=N–C) groups is 2. The van der Waals surface area contributed by atoms with Gasteiger partial charge in [-0.2, -0.15) is 0 Å². The van der Waals surface area contributed by atoms with Crippen molar-refractivity contribution in [2.45, 2.75) is 39.2 Å². The zero-order chi connectivity index (χ0) is 16.7. The Morgan fingerprint density at radius 2 is 1.96 bits per heavy atom. The zero-order valence-electron chi connectivity index (χ0n) is 14.2. The number of hydrogen-bond acceptors (Lipinski definition) is 4. The Kier molecular flexibility index (Phi) is 4.05. The molecule has 4 nitrogen and oxygen atoms in total. The third-order valence-electron chi connectivity index (χ3n) is 5.87. The molecular weight excluding hydrogens is 288 g/mol. The van der Waals surface area contributed by atoms with Gasteiger partial charge in [0.15, 0.2) is 0 Å². The van der Waals surface area contributed by atoms with Crippen LogP contribution in [0.2, 0.25) is 0 Å². The maximum absolute atomic E-state index is 10.8. The van der Waals surface area contributed by atoms with Gasteiger partial charge in [-0.05, 0) is 49.1 Å². The summed E-state index contributed by atoms with van der Waals surface area (Å²) >= 11 is 0. The van der Waals surface area contributed by atoms with Crippen molar-refractivity contribution in [3.05, 3.63) is 29.8 Å². The first kappa shape index (κ1) is 16.2. The molecule has 0 radical (unpaired) electrons. The Bertz CT molecular complexity index is 647. The number of nitrogens with zero attached hydrogens (tertiary/aromatic N) is 2. The lowest BCUT2D eigenvalue weighted by atomic mass is 9.44. The molecule has 3 saturated carbocycles. The van der Waals surface area contributed by atoms with Crippen molar-refractivity contribution in [1.29, 1.82) is 0 Å². The first-order chi connectivity index (χ1) is 10.8. The van der Waals surface area contributed by atoms with E-state index >= 15 is 0 Å². The minimum absolute atomic E-state index is 0.228. The number of aliphatic hydroxyl groups is 1. The van der Waals surface area contributed by atoms with Crippen LogP contribution in [0.1, 0.15) is 39.2 Å². The zero-order valence-corrected chi connectivity index (χ0v) is 14.2. The molecule has 2 bridgehead atoms. The number of para-hydroxylation sites is 1. The largest absolute Gasteiger partial charge is 0.507 e. The standard InChI is InChI=1S/C19H26N2O2/c1-18(2)14-10-16(18)19(3,23)17(11-14)21-9-8-20-12-13-6-4-5-7-15(13)22/h4-7,12,14,16,22-23H,8-11H2,1-3H3/t14-,16-,19-/m1/s1. The monoisotopic (exact) mass is 314 g/mol. The minimum Gasteiger partial charge on any atom is -0.507 e. The summed E-state index contributed by atoms with van der Waals surface area (Å²) < 4.78 is 0. The van der Waals surface area contributed by atoms with E-state index in [2.05, 4.69) is 23.8 Å². The molecule has 0 spiro atoms. The van der Waals surface area contributed by atoms with Crippen LogP contribution in [0.25, 0.3) is 0 Å². The molecule has 2 N–H and O–H groups in total. The van der Waals surface area contributed by atoms with E-state index in [1.807, 2.05) is 19.1 Å². The molecule has 0 saturated heterocycles. The highest BCUT2D eigenvalue weighted by atomic mass is 16.3. The van der Waals surface area contributed by atoms with Gasteiger partial charge in [-0.25, -0.2) is 0 Å². The van der Waals surface area contributed by atoms with E-state index in [-0.39, 0.29) is 11.2 Å². The van der Waals surface area contributed by atoms with E-state index in [4.69, 9.17) is 0 Å². The lowest BCUT2D eigenvalue weighted by Gasteiger charge is -2.62. The average Bonchev–Trinajstić information content (AvgIpc) is 2.49. The fourth-order valence-corrected chi connectivity index (χ4v) is 4.18. The lowest BCUT2D eigenvalue weighted by Crippen LogP contribution is -2.64. The molecule has 0 aliphatic heterocycles. The van der Waals surface area contributed by atoms with Crippen molar-refractivity contribution in [3.8, 4) is 5.75 Å². The fraction of sp³-hybridized carbons (Fsp3) is 0.579. The summed E-state index contributed by atoms with van der Waals surface area (Å²) in [5.74, 6) is 1.20. The second-order valence-electron chi connectivity index (χ2n) is 7.58. The van der Waals surface area contributed by atoms with Gasteiger partial charge in [0.05, 0.1) is 13.1 Å². The van der Waals surface area contributed by atoms with Crippen molar-refractivity contribution in [2.75, 3.05) is 13.1 Å². The lowest BCUT2D eigenvalue weighted by molar-refractivity contribution is -0.134. The average molecular weight is 314 g/mol. The van der Waals surface area contributed by atoms with Crippen molar-refractivity contribution in [3.63, 3.8) is 0 Å². The smallest absolute Gasteiger partial charge is 0.124 e. The van der Waals surface area contributed by atoms with Crippen LogP contribution in [0.5, 0.6) is 5.75 Å². The number of phenols is 1. The van der Waals surface area contributed by atoms with Gasteiger partial charge in [0.2, 0.25) is 0 Å². The quantitative estimate of drug-likeness (QED) is 0.662. The third-order valence-corrected chi connectivity index (χ3v) is 5.87. The van der Waals surface area contributed by atoms with E-state index in [0.29, 0.717) is 30.5 Å². The Morgan fingerprint density at radius 3 is 2.61 bits per heavy atom. The minimum atomic E-state index is -0.778. The predicted octanol–water partition coefficient (Wildman–Crippen LogP) is 3.07. The normalized spacial score (nSPS) is 33.8. The molecule has 1 aromatic carbocycles. The first-order valence-corrected chi connectivity index (χ1v) is 8.37. The summed E-state index contributed by atoms with van der Waals surface area (Å²) in [5, 5.41) is 20.5. The van der Waals surface area contributed by atoms with Gasteiger partial charge in [0.1, 0.15) is 11.4 Å². The summed E-state index contributed by atoms with van der Waals surface area (Å²) in [4.78, 5) is 8.95. The highest BCUT2D eigenvalue weighted by molar-refractivity contribution is 5.94. The molecule has 23 heavy (non-hydrogen) atoms. The fourth-order valence-electron chi connectivity index (χ4n) is 4.18. The number of aromatic hydroxyl groups is 1. The van der Waals surface area contributed by atoms with Crippen LogP contribution in [0.15, 0.2) is 34.3 Å². The summed E-state index contributed by atoms with van der Waals surface area (Å²) in [6, 6.07) is 7.13. The van der Waals surface area contributed by atoms with Gasteiger partial charge in [-0.3, -0.25) is 9.98 Å². The Balaban J connectivity index is 1.58. The molecule has 3 aliphatic carbocycles. The van der Waals surface area contributed by atoms with Crippen LogP contribution in [-0.2, 0) is 0 Å². The summed E-state index contributed by atoms with van der Waals surface area (Å²) in [5.41, 5.74) is 1.11. The number of rotatable bonds is 4. The van der Waals surface area contributed by atoms with Gasteiger partial charge >= 0.3 is 0 Å². The van der Waals surface area contributed by atoms with Gasteiger partial charge in [0.25, 0.3) is 0 Å². The topological polar surface area (TPSA) is 65.2 Å². The second-order valence-corrected chi connectivity index (χ2v) is 7.58. The Morgan fingerprint density at radius 1 is 1.22 bits per heavy atom.